The molecular formula is C15H21ClN2O3. The van der Waals surface area contributed by atoms with Crippen molar-refractivity contribution < 1.29 is 10.0 Å². The van der Waals surface area contributed by atoms with E-state index in [4.69, 9.17) is 11.6 Å². The summed E-state index contributed by atoms with van der Waals surface area (Å²) in [6, 6.07) is 4.44. The van der Waals surface area contributed by atoms with Crippen LogP contribution < -0.4 is 5.32 Å². The first-order valence-corrected chi connectivity index (χ1v) is 7.62. The second-order valence-electron chi connectivity index (χ2n) is 6.03. The monoisotopic (exact) mass is 312 g/mol. The Kier molecular flexibility index (Phi) is 5.19. The molecule has 2 unspecified atom stereocenters. The summed E-state index contributed by atoms with van der Waals surface area (Å²) in [5.41, 5.74) is 0.425. The number of aliphatic hydroxyl groups is 1. The van der Waals surface area contributed by atoms with Crippen molar-refractivity contribution in [2.45, 2.75) is 44.7 Å². The Morgan fingerprint density at radius 3 is 2.95 bits per heavy atom. The maximum atomic E-state index is 10.8. The number of nitro groups is 1. The third kappa shape index (κ3) is 3.93. The minimum atomic E-state index is -0.426. The highest BCUT2D eigenvalue weighted by Crippen LogP contribution is 2.32. The summed E-state index contributed by atoms with van der Waals surface area (Å²) in [6.45, 7) is 2.68. The number of nitrogens with zero attached hydrogens (tertiary/aromatic N) is 1. The molecule has 21 heavy (non-hydrogen) atoms. The molecule has 5 nitrogen and oxygen atoms in total. The van der Waals surface area contributed by atoms with Crippen LogP contribution in [0.3, 0.4) is 0 Å². The van der Waals surface area contributed by atoms with Gasteiger partial charge in [0.15, 0.2) is 0 Å². The summed E-state index contributed by atoms with van der Waals surface area (Å²) in [4.78, 5) is 10.4. The van der Waals surface area contributed by atoms with Gasteiger partial charge >= 0.3 is 0 Å². The summed E-state index contributed by atoms with van der Waals surface area (Å²) in [6.07, 6.45) is 4.09. The van der Waals surface area contributed by atoms with Gasteiger partial charge in [0, 0.05) is 29.2 Å². The smallest absolute Gasteiger partial charge is 0.269 e. The molecule has 0 spiro atoms. The number of hydrogen-bond acceptors (Lipinski definition) is 4. The Morgan fingerprint density at radius 1 is 1.57 bits per heavy atom. The quantitative estimate of drug-likeness (QED) is 0.646. The van der Waals surface area contributed by atoms with Crippen LogP contribution in [0.15, 0.2) is 18.2 Å². The topological polar surface area (TPSA) is 75.4 Å². The van der Waals surface area contributed by atoms with Crippen molar-refractivity contribution in [2.75, 3.05) is 6.61 Å². The molecule has 2 rings (SSSR count). The van der Waals surface area contributed by atoms with Gasteiger partial charge in [-0.05, 0) is 30.4 Å². The molecule has 1 aromatic carbocycles. The minimum Gasteiger partial charge on any atom is -0.394 e. The summed E-state index contributed by atoms with van der Waals surface area (Å²) in [5, 5.41) is 24.5. The molecule has 1 aromatic rings. The second kappa shape index (κ2) is 6.73. The maximum absolute atomic E-state index is 10.8. The molecule has 116 valence electrons. The number of hydrogen-bond donors (Lipinski definition) is 2. The summed E-state index contributed by atoms with van der Waals surface area (Å²) in [7, 11) is 0. The molecule has 0 aliphatic heterocycles. The van der Waals surface area contributed by atoms with Crippen molar-refractivity contribution in [1.29, 1.82) is 0 Å². The van der Waals surface area contributed by atoms with E-state index in [9.17, 15) is 15.2 Å². The van der Waals surface area contributed by atoms with Crippen molar-refractivity contribution in [2.24, 2.45) is 5.92 Å². The van der Waals surface area contributed by atoms with Crippen molar-refractivity contribution in [1.82, 2.24) is 5.32 Å². The summed E-state index contributed by atoms with van der Waals surface area (Å²) >= 11 is 6.11. The van der Waals surface area contributed by atoms with Gasteiger partial charge < -0.3 is 10.4 Å². The first-order chi connectivity index (χ1) is 9.96. The average Bonchev–Trinajstić information content (AvgIpc) is 2.46. The first-order valence-electron chi connectivity index (χ1n) is 7.24. The third-order valence-corrected chi connectivity index (χ3v) is 4.66. The molecule has 6 heteroatoms. The van der Waals surface area contributed by atoms with Gasteiger partial charge in [0.1, 0.15) is 0 Å². The van der Waals surface area contributed by atoms with Gasteiger partial charge in [0.2, 0.25) is 0 Å². The zero-order chi connectivity index (χ0) is 15.5. The largest absolute Gasteiger partial charge is 0.394 e. The van der Waals surface area contributed by atoms with E-state index in [1.807, 2.05) is 0 Å². The lowest BCUT2D eigenvalue weighted by Crippen LogP contribution is -2.51. The van der Waals surface area contributed by atoms with E-state index in [1.54, 1.807) is 6.07 Å². The highest BCUT2D eigenvalue weighted by molar-refractivity contribution is 6.31. The summed E-state index contributed by atoms with van der Waals surface area (Å²) in [5.74, 6) is 0.569. The lowest BCUT2D eigenvalue weighted by atomic mass is 9.77. The van der Waals surface area contributed by atoms with Gasteiger partial charge in [-0.2, -0.15) is 0 Å². The predicted molar refractivity (Wildman–Crippen MR) is 82.4 cm³/mol. The number of rotatable bonds is 5. The van der Waals surface area contributed by atoms with Crippen LogP contribution in [0, 0.1) is 16.0 Å². The number of nitrogens with one attached hydrogen (secondary N) is 1. The van der Waals surface area contributed by atoms with E-state index in [0.717, 1.165) is 19.3 Å². The molecule has 1 fully saturated rings. The molecule has 0 amide bonds. The highest BCUT2D eigenvalue weighted by Gasteiger charge is 2.33. The number of aliphatic hydroxyl groups excluding tert-OH is 1. The molecule has 2 N–H and O–H groups in total. The fourth-order valence-corrected chi connectivity index (χ4v) is 3.30. The first kappa shape index (κ1) is 16.2. The van der Waals surface area contributed by atoms with Crippen LogP contribution in [0.2, 0.25) is 5.02 Å². The lowest BCUT2D eigenvalue weighted by Gasteiger charge is -2.39. The van der Waals surface area contributed by atoms with Crippen molar-refractivity contribution in [3.8, 4) is 0 Å². The number of nitro benzene ring substituents is 1. The predicted octanol–water partition coefficient (Wildman–Crippen LogP) is 3.28. The fraction of sp³-hybridized carbons (Fsp3) is 0.600. The number of non-ortho nitro benzene ring substituents is 1. The number of benzene rings is 1. The molecule has 0 heterocycles. The Morgan fingerprint density at radius 2 is 2.33 bits per heavy atom. The minimum absolute atomic E-state index is 0.0336. The van der Waals surface area contributed by atoms with Gasteiger partial charge in [0.25, 0.3) is 5.69 Å². The standard InChI is InChI=1S/C15H21ClN2O3/c1-11-3-2-6-15(8-11,10-19)17-9-12-7-13(18(20)21)4-5-14(12)16/h4-5,7,11,17,19H,2-3,6,8-10H2,1H3. The molecule has 1 aliphatic rings. The van der Waals surface area contributed by atoms with Crippen LogP contribution >= 0.6 is 11.6 Å². The van der Waals surface area contributed by atoms with Crippen LogP contribution in [0.1, 0.15) is 38.2 Å². The van der Waals surface area contributed by atoms with E-state index in [1.165, 1.54) is 18.6 Å². The second-order valence-corrected chi connectivity index (χ2v) is 6.43. The van der Waals surface area contributed by atoms with Crippen molar-refractivity contribution >= 4 is 17.3 Å². The normalized spacial score (nSPS) is 25.8. The Bertz CT molecular complexity index is 524. The number of halogens is 1. The van der Waals surface area contributed by atoms with Crippen LogP contribution in [0.25, 0.3) is 0 Å². The highest BCUT2D eigenvalue weighted by atomic mass is 35.5. The van der Waals surface area contributed by atoms with Crippen LogP contribution in [-0.2, 0) is 6.54 Å². The van der Waals surface area contributed by atoms with E-state index >= 15 is 0 Å². The zero-order valence-corrected chi connectivity index (χ0v) is 12.9. The Balaban J connectivity index is 2.11. The fourth-order valence-electron chi connectivity index (χ4n) is 3.11. The van der Waals surface area contributed by atoms with E-state index in [0.29, 0.717) is 23.0 Å². The zero-order valence-electron chi connectivity index (χ0n) is 12.1. The van der Waals surface area contributed by atoms with Gasteiger partial charge in [0.05, 0.1) is 11.5 Å². The third-order valence-electron chi connectivity index (χ3n) is 4.29. The van der Waals surface area contributed by atoms with Crippen molar-refractivity contribution in [3.05, 3.63) is 38.9 Å². The Hall–Kier alpha value is -1.17. The van der Waals surface area contributed by atoms with E-state index < -0.39 is 4.92 Å². The SMILES string of the molecule is CC1CCCC(CO)(NCc2cc([N+](=O)[O-])ccc2Cl)C1. The van der Waals surface area contributed by atoms with Crippen LogP contribution in [-0.4, -0.2) is 22.2 Å². The summed E-state index contributed by atoms with van der Waals surface area (Å²) < 4.78 is 0. The van der Waals surface area contributed by atoms with E-state index in [-0.39, 0.29) is 17.8 Å². The molecular weight excluding hydrogens is 292 g/mol. The average molecular weight is 313 g/mol. The molecule has 0 bridgehead atoms. The Labute approximate surface area is 129 Å². The van der Waals surface area contributed by atoms with Crippen LogP contribution in [0.4, 0.5) is 5.69 Å². The van der Waals surface area contributed by atoms with Crippen molar-refractivity contribution in [3.63, 3.8) is 0 Å². The lowest BCUT2D eigenvalue weighted by molar-refractivity contribution is -0.384. The van der Waals surface area contributed by atoms with Gasteiger partial charge in [-0.25, -0.2) is 0 Å². The molecule has 1 saturated carbocycles. The molecule has 0 saturated heterocycles. The van der Waals surface area contributed by atoms with Gasteiger partial charge in [-0.15, -0.1) is 0 Å². The van der Waals surface area contributed by atoms with Gasteiger partial charge in [-0.1, -0.05) is 31.4 Å². The molecule has 2 atom stereocenters. The van der Waals surface area contributed by atoms with Gasteiger partial charge in [-0.3, -0.25) is 10.1 Å². The van der Waals surface area contributed by atoms with E-state index in [2.05, 4.69) is 12.2 Å². The maximum Gasteiger partial charge on any atom is 0.269 e. The molecule has 0 radical (unpaired) electrons. The molecule has 0 aromatic heterocycles. The molecule has 1 aliphatic carbocycles. The van der Waals surface area contributed by atoms with Crippen LogP contribution in [0.5, 0.6) is 0 Å².